The van der Waals surface area contributed by atoms with Gasteiger partial charge < -0.3 is 25.2 Å². The molecule has 1 fully saturated rings. The molecule has 1 aliphatic rings. The first-order valence-corrected chi connectivity index (χ1v) is 11.7. The predicted molar refractivity (Wildman–Crippen MR) is 133 cm³/mol. The maximum Gasteiger partial charge on any atom is 0.161 e. The van der Waals surface area contributed by atoms with Crippen LogP contribution in [0.2, 0.25) is 5.02 Å². The molecule has 0 radical (unpaired) electrons. The number of anilines is 1. The lowest BCUT2D eigenvalue weighted by Crippen LogP contribution is -2.29. The van der Waals surface area contributed by atoms with E-state index in [2.05, 4.69) is 29.6 Å². The fourth-order valence-corrected chi connectivity index (χ4v) is 3.73. The number of nitrogens with zero attached hydrogens (tertiary/aromatic N) is 3. The Hall–Kier alpha value is -2.39. The Labute approximate surface area is 200 Å². The second kappa shape index (κ2) is 12.2. The lowest BCUT2D eigenvalue weighted by atomic mass is 10.1. The van der Waals surface area contributed by atoms with Gasteiger partial charge >= 0.3 is 0 Å². The third-order valence-electron chi connectivity index (χ3n) is 5.25. The zero-order valence-electron chi connectivity index (χ0n) is 19.8. The number of hydrogen-bond donors (Lipinski definition) is 3. The second-order valence-electron chi connectivity index (χ2n) is 8.28. The summed E-state index contributed by atoms with van der Waals surface area (Å²) in [6.45, 7) is 6.86. The first kappa shape index (κ1) is 25.2. The van der Waals surface area contributed by atoms with Crippen LogP contribution >= 0.6 is 11.6 Å². The van der Waals surface area contributed by atoms with Gasteiger partial charge in [-0.15, -0.1) is 0 Å². The van der Waals surface area contributed by atoms with E-state index in [9.17, 15) is 5.11 Å². The summed E-state index contributed by atoms with van der Waals surface area (Å²) in [5, 5.41) is 20.9. The minimum Gasteiger partial charge on any atom is -0.491 e. The lowest BCUT2D eigenvalue weighted by Gasteiger charge is -2.14. The number of nitrogens with one attached hydrogen (secondary N) is 2. The van der Waals surface area contributed by atoms with Crippen LogP contribution in [-0.4, -0.2) is 66.3 Å². The summed E-state index contributed by atoms with van der Waals surface area (Å²) < 4.78 is 12.5. The van der Waals surface area contributed by atoms with E-state index >= 15 is 0 Å². The van der Waals surface area contributed by atoms with Crippen molar-refractivity contribution in [3.63, 3.8) is 0 Å². The third-order valence-corrected chi connectivity index (χ3v) is 5.47. The summed E-state index contributed by atoms with van der Waals surface area (Å²) in [7, 11) is 3.63. The molecule has 0 amide bonds. The van der Waals surface area contributed by atoms with Crippen molar-refractivity contribution in [2.24, 2.45) is 0 Å². The maximum absolute atomic E-state index is 9.86. The molecule has 0 aliphatic carbocycles. The Morgan fingerprint density at radius 3 is 2.55 bits per heavy atom. The van der Waals surface area contributed by atoms with Crippen molar-refractivity contribution in [1.82, 2.24) is 19.9 Å². The zero-order chi connectivity index (χ0) is 23.8. The van der Waals surface area contributed by atoms with Gasteiger partial charge in [0.05, 0.1) is 11.9 Å². The Balaban J connectivity index is 0.000000541. The SMILES string of the molecule is C1CCOC1.CNCC(O)COc1cc(Cl)cc(-c2cc(NC)n3ncc(C(C)C)c3n2)c1. The highest BCUT2D eigenvalue weighted by atomic mass is 35.5. The van der Waals surface area contributed by atoms with Crippen LogP contribution in [0.3, 0.4) is 0 Å². The quantitative estimate of drug-likeness (QED) is 0.454. The van der Waals surface area contributed by atoms with Gasteiger partial charge in [0.2, 0.25) is 0 Å². The molecule has 3 N–H and O–H groups in total. The van der Waals surface area contributed by atoms with Gasteiger partial charge in [0.1, 0.15) is 24.3 Å². The first-order chi connectivity index (χ1) is 15.9. The molecule has 1 atom stereocenters. The average Bonchev–Trinajstić information content (AvgIpc) is 3.50. The fraction of sp³-hybridized carbons (Fsp3) is 0.500. The molecule has 3 aromatic rings. The van der Waals surface area contributed by atoms with Crippen molar-refractivity contribution in [3.8, 4) is 17.0 Å². The fourth-order valence-electron chi connectivity index (χ4n) is 3.50. The Bertz CT molecular complexity index is 1030. The zero-order valence-corrected chi connectivity index (χ0v) is 20.5. The van der Waals surface area contributed by atoms with E-state index in [-0.39, 0.29) is 6.61 Å². The summed E-state index contributed by atoms with van der Waals surface area (Å²) >= 11 is 6.31. The highest BCUT2D eigenvalue weighted by molar-refractivity contribution is 6.31. The van der Waals surface area contributed by atoms with Gasteiger partial charge in [-0.3, -0.25) is 0 Å². The van der Waals surface area contributed by atoms with Crippen LogP contribution in [0.25, 0.3) is 16.9 Å². The number of aliphatic hydroxyl groups excluding tert-OH is 1. The van der Waals surface area contributed by atoms with Crippen molar-refractivity contribution < 1.29 is 14.6 Å². The van der Waals surface area contributed by atoms with Crippen molar-refractivity contribution in [3.05, 3.63) is 41.0 Å². The summed E-state index contributed by atoms with van der Waals surface area (Å²) in [5.41, 5.74) is 3.48. The van der Waals surface area contributed by atoms with Crippen LogP contribution in [0, 0.1) is 0 Å². The van der Waals surface area contributed by atoms with E-state index in [1.54, 1.807) is 17.6 Å². The van der Waals surface area contributed by atoms with Crippen LogP contribution in [0.15, 0.2) is 30.5 Å². The summed E-state index contributed by atoms with van der Waals surface area (Å²) in [6, 6.07) is 7.38. The van der Waals surface area contributed by atoms with E-state index < -0.39 is 6.10 Å². The van der Waals surface area contributed by atoms with Gasteiger partial charge in [0, 0.05) is 49.0 Å². The number of likely N-dealkylation sites (N-methyl/N-ethyl adjacent to an activating group) is 1. The molecule has 4 rings (SSSR count). The van der Waals surface area contributed by atoms with E-state index in [0.29, 0.717) is 23.2 Å². The highest BCUT2D eigenvalue weighted by Crippen LogP contribution is 2.31. The number of hydrogen-bond acceptors (Lipinski definition) is 7. The van der Waals surface area contributed by atoms with Gasteiger partial charge in [-0.1, -0.05) is 25.4 Å². The largest absolute Gasteiger partial charge is 0.491 e. The minimum absolute atomic E-state index is 0.176. The van der Waals surface area contributed by atoms with E-state index in [1.165, 1.54) is 12.8 Å². The summed E-state index contributed by atoms with van der Waals surface area (Å²) in [6.07, 6.45) is 3.81. The van der Waals surface area contributed by atoms with Crippen LogP contribution < -0.4 is 15.4 Å². The van der Waals surface area contributed by atoms with E-state index in [1.807, 2.05) is 31.4 Å². The first-order valence-electron chi connectivity index (χ1n) is 11.3. The number of aromatic nitrogens is 3. The van der Waals surface area contributed by atoms with Crippen molar-refractivity contribution in [2.45, 2.75) is 38.7 Å². The Morgan fingerprint density at radius 1 is 1.18 bits per heavy atom. The molecule has 8 nitrogen and oxygen atoms in total. The molecule has 9 heteroatoms. The summed E-state index contributed by atoms with van der Waals surface area (Å²) in [5.74, 6) is 1.72. The summed E-state index contributed by atoms with van der Waals surface area (Å²) in [4.78, 5) is 4.83. The molecular formula is C24H34ClN5O3. The van der Waals surface area contributed by atoms with E-state index in [4.69, 9.17) is 26.1 Å². The molecule has 1 unspecified atom stereocenters. The number of benzene rings is 1. The Morgan fingerprint density at radius 2 is 1.94 bits per heavy atom. The average molecular weight is 476 g/mol. The number of fused-ring (bicyclic) bond motifs is 1. The molecule has 2 aromatic heterocycles. The monoisotopic (exact) mass is 475 g/mol. The van der Waals surface area contributed by atoms with Crippen LogP contribution in [0.5, 0.6) is 5.75 Å². The van der Waals surface area contributed by atoms with Gasteiger partial charge in [-0.05, 0) is 44.0 Å². The molecule has 0 bridgehead atoms. The molecule has 1 aliphatic heterocycles. The highest BCUT2D eigenvalue weighted by Gasteiger charge is 2.15. The molecule has 1 aromatic carbocycles. The standard InChI is InChI=1S/C20H26ClN5O2.C4H8O/c1-12(2)17-10-24-26-19(23-4)8-18(25-20(17)26)13-5-14(21)7-16(6-13)28-11-15(27)9-22-3;1-2-4-5-3-1/h5-8,10,12,15,22-23,27H,9,11H2,1-4H3;1-4H2. The normalized spacial score (nSPS) is 14.3. The van der Waals surface area contributed by atoms with Crippen molar-refractivity contribution >= 4 is 23.1 Å². The molecule has 0 spiro atoms. The molecule has 0 saturated carbocycles. The van der Waals surface area contributed by atoms with Gasteiger partial charge in [0.15, 0.2) is 5.65 Å². The van der Waals surface area contributed by atoms with Gasteiger partial charge in [0.25, 0.3) is 0 Å². The number of aliphatic hydroxyl groups is 1. The Kier molecular flexibility index (Phi) is 9.31. The van der Waals surface area contributed by atoms with Crippen LogP contribution in [0.1, 0.15) is 38.2 Å². The molecule has 180 valence electrons. The molecular weight excluding hydrogens is 442 g/mol. The van der Waals surface area contributed by atoms with E-state index in [0.717, 1.165) is 41.5 Å². The molecule has 3 heterocycles. The predicted octanol–water partition coefficient (Wildman–Crippen LogP) is 3.97. The number of ether oxygens (including phenoxy) is 2. The maximum atomic E-state index is 9.86. The molecule has 33 heavy (non-hydrogen) atoms. The van der Waals surface area contributed by atoms with Crippen molar-refractivity contribution in [1.29, 1.82) is 0 Å². The molecule has 1 saturated heterocycles. The lowest BCUT2D eigenvalue weighted by molar-refractivity contribution is 0.108. The number of rotatable bonds is 8. The minimum atomic E-state index is -0.599. The van der Waals surface area contributed by atoms with Crippen LogP contribution in [0.4, 0.5) is 5.82 Å². The third kappa shape index (κ3) is 6.80. The number of halogens is 1. The van der Waals surface area contributed by atoms with Gasteiger partial charge in [-0.25, -0.2) is 4.98 Å². The second-order valence-corrected chi connectivity index (χ2v) is 8.72. The topological polar surface area (TPSA) is 92.9 Å². The van der Waals surface area contributed by atoms with Gasteiger partial charge in [-0.2, -0.15) is 9.61 Å². The van der Waals surface area contributed by atoms with Crippen LogP contribution in [-0.2, 0) is 4.74 Å². The smallest absolute Gasteiger partial charge is 0.161 e. The van der Waals surface area contributed by atoms with Crippen molar-refractivity contribution in [2.75, 3.05) is 45.8 Å².